The third-order valence-corrected chi connectivity index (χ3v) is 3.99. The van der Waals surface area contributed by atoms with Gasteiger partial charge in [-0.3, -0.25) is 14.9 Å². The first-order valence-corrected chi connectivity index (χ1v) is 8.94. The van der Waals surface area contributed by atoms with Gasteiger partial charge in [0.25, 0.3) is 5.91 Å². The van der Waals surface area contributed by atoms with Crippen molar-refractivity contribution in [1.29, 1.82) is 0 Å². The Kier molecular flexibility index (Phi) is 6.41. The summed E-state index contributed by atoms with van der Waals surface area (Å²) < 4.78 is 10.5. The van der Waals surface area contributed by atoms with Crippen LogP contribution in [0.2, 0.25) is 0 Å². The van der Waals surface area contributed by atoms with Gasteiger partial charge in [-0.1, -0.05) is 54.5 Å². The van der Waals surface area contributed by atoms with Gasteiger partial charge in [0, 0.05) is 11.6 Å². The lowest BCUT2D eigenvalue weighted by Crippen LogP contribution is -2.35. The second kappa shape index (κ2) is 9.36. The molecule has 0 atom stereocenters. The minimum atomic E-state index is -0.419. The summed E-state index contributed by atoms with van der Waals surface area (Å²) in [7, 11) is 0. The Hall–Kier alpha value is -3.61. The van der Waals surface area contributed by atoms with Gasteiger partial charge in [-0.15, -0.1) is 0 Å². The predicted octanol–water partition coefficient (Wildman–Crippen LogP) is 3.04. The molecule has 2 N–H and O–H groups in total. The van der Waals surface area contributed by atoms with Crippen molar-refractivity contribution in [3.63, 3.8) is 0 Å². The number of carbonyl (C=O) groups is 2. The highest BCUT2D eigenvalue weighted by Gasteiger charge is 2.11. The molecule has 1 aromatic heterocycles. The van der Waals surface area contributed by atoms with Gasteiger partial charge in [0.15, 0.2) is 6.61 Å². The van der Waals surface area contributed by atoms with E-state index in [1.54, 1.807) is 18.2 Å². The van der Waals surface area contributed by atoms with Crippen LogP contribution < -0.4 is 15.4 Å². The number of aromatic nitrogens is 1. The van der Waals surface area contributed by atoms with Crippen molar-refractivity contribution in [3.05, 3.63) is 66.2 Å². The largest absolute Gasteiger partial charge is 0.484 e. The van der Waals surface area contributed by atoms with Crippen LogP contribution in [0.25, 0.3) is 11.3 Å². The van der Waals surface area contributed by atoms with E-state index >= 15 is 0 Å². The lowest BCUT2D eigenvalue weighted by atomic mass is 10.1. The highest BCUT2D eigenvalue weighted by molar-refractivity contribution is 5.94. The molecule has 1 heterocycles. The van der Waals surface area contributed by atoms with E-state index in [2.05, 4.69) is 22.7 Å². The maximum absolute atomic E-state index is 12.0. The molecule has 0 spiro atoms. The van der Waals surface area contributed by atoms with Crippen LogP contribution in [0.5, 0.6) is 5.75 Å². The van der Waals surface area contributed by atoms with Gasteiger partial charge < -0.3 is 14.6 Å². The summed E-state index contributed by atoms with van der Waals surface area (Å²) in [5, 5.41) is 9.00. The Labute approximate surface area is 162 Å². The topological polar surface area (TPSA) is 93.5 Å². The summed E-state index contributed by atoms with van der Waals surface area (Å²) in [6.07, 6.45) is 0.961. The molecule has 2 amide bonds. The first kappa shape index (κ1) is 19.2. The van der Waals surface area contributed by atoms with Crippen LogP contribution in [0.1, 0.15) is 12.5 Å². The summed E-state index contributed by atoms with van der Waals surface area (Å²) in [5.74, 6) is -0.0111. The zero-order chi connectivity index (χ0) is 19.8. The fraction of sp³-hybridized carbons (Fsp3) is 0.190. The van der Waals surface area contributed by atoms with Crippen LogP contribution in [-0.4, -0.2) is 30.1 Å². The van der Waals surface area contributed by atoms with E-state index in [1.807, 2.05) is 42.5 Å². The monoisotopic (exact) mass is 379 g/mol. The number of amides is 2. The van der Waals surface area contributed by atoms with Crippen LogP contribution in [0.4, 0.5) is 5.88 Å². The molecule has 3 aromatic rings. The van der Waals surface area contributed by atoms with Gasteiger partial charge in [-0.25, -0.2) is 0 Å². The molecule has 144 valence electrons. The van der Waals surface area contributed by atoms with Crippen molar-refractivity contribution in [2.45, 2.75) is 13.3 Å². The molecule has 0 fully saturated rings. The van der Waals surface area contributed by atoms with Gasteiger partial charge in [0.1, 0.15) is 11.4 Å². The number of benzene rings is 2. The SMILES string of the molecule is CCc1ccc(-c2cc(NC(=O)CNC(=O)COc3ccccc3)on2)cc1. The average Bonchev–Trinajstić information content (AvgIpc) is 3.20. The fourth-order valence-electron chi connectivity index (χ4n) is 2.46. The zero-order valence-corrected chi connectivity index (χ0v) is 15.5. The van der Waals surface area contributed by atoms with Crippen LogP contribution in [0, 0.1) is 0 Å². The molecular weight excluding hydrogens is 358 g/mol. The van der Waals surface area contributed by atoms with Crippen LogP contribution in [0.3, 0.4) is 0 Å². The second-order valence-electron chi connectivity index (χ2n) is 6.05. The van der Waals surface area contributed by atoms with Gasteiger partial charge in [-0.05, 0) is 24.1 Å². The molecule has 0 unspecified atom stereocenters. The van der Waals surface area contributed by atoms with Crippen LogP contribution in [-0.2, 0) is 16.0 Å². The summed E-state index contributed by atoms with van der Waals surface area (Å²) >= 11 is 0. The summed E-state index contributed by atoms with van der Waals surface area (Å²) in [6.45, 7) is 1.72. The number of para-hydroxylation sites is 1. The second-order valence-corrected chi connectivity index (χ2v) is 6.05. The first-order valence-electron chi connectivity index (χ1n) is 8.94. The highest BCUT2D eigenvalue weighted by Crippen LogP contribution is 2.22. The Balaban J connectivity index is 1.44. The third kappa shape index (κ3) is 5.44. The molecule has 0 aliphatic rings. The lowest BCUT2D eigenvalue weighted by molar-refractivity contribution is -0.125. The standard InChI is InChI=1S/C21H21N3O4/c1-2-15-8-10-16(11-9-15)18-12-21(28-24-18)23-19(25)13-22-20(26)14-27-17-6-4-3-5-7-17/h3-12H,2,13-14H2,1H3,(H,22,26)(H,23,25). The number of carbonyl (C=O) groups excluding carboxylic acids is 2. The molecule has 0 aliphatic carbocycles. The lowest BCUT2D eigenvalue weighted by Gasteiger charge is -2.07. The van der Waals surface area contributed by atoms with Crippen molar-refractivity contribution >= 4 is 17.7 Å². The molecule has 0 saturated carbocycles. The quantitative estimate of drug-likeness (QED) is 0.627. The van der Waals surface area contributed by atoms with E-state index in [1.165, 1.54) is 5.56 Å². The number of aryl methyl sites for hydroxylation is 1. The minimum Gasteiger partial charge on any atom is -0.484 e. The molecule has 28 heavy (non-hydrogen) atoms. The summed E-state index contributed by atoms with van der Waals surface area (Å²) in [4.78, 5) is 23.7. The first-order chi connectivity index (χ1) is 13.6. The van der Waals surface area contributed by atoms with E-state index in [0.29, 0.717) is 11.4 Å². The van der Waals surface area contributed by atoms with E-state index in [0.717, 1.165) is 12.0 Å². The molecule has 3 rings (SSSR count). The number of hydrogen-bond acceptors (Lipinski definition) is 5. The van der Waals surface area contributed by atoms with Crippen molar-refractivity contribution in [2.75, 3.05) is 18.5 Å². The highest BCUT2D eigenvalue weighted by atomic mass is 16.5. The van der Waals surface area contributed by atoms with Crippen LogP contribution in [0.15, 0.2) is 65.2 Å². The molecule has 2 aromatic carbocycles. The summed E-state index contributed by atoms with van der Waals surface area (Å²) in [6, 6.07) is 18.6. The summed E-state index contributed by atoms with van der Waals surface area (Å²) in [5.41, 5.74) is 2.75. The van der Waals surface area contributed by atoms with Gasteiger partial charge in [-0.2, -0.15) is 0 Å². The van der Waals surface area contributed by atoms with Gasteiger partial charge >= 0.3 is 0 Å². The number of hydrogen-bond donors (Lipinski definition) is 2. The Bertz CT molecular complexity index is 920. The molecule has 7 heteroatoms. The molecule has 7 nitrogen and oxygen atoms in total. The van der Waals surface area contributed by atoms with E-state index < -0.39 is 11.8 Å². The normalized spacial score (nSPS) is 10.3. The minimum absolute atomic E-state index is 0.169. The number of ether oxygens (including phenoxy) is 1. The maximum Gasteiger partial charge on any atom is 0.258 e. The van der Waals surface area contributed by atoms with Crippen molar-refractivity contribution in [1.82, 2.24) is 10.5 Å². The van der Waals surface area contributed by atoms with E-state index in [4.69, 9.17) is 9.26 Å². The smallest absolute Gasteiger partial charge is 0.258 e. The van der Waals surface area contributed by atoms with Crippen molar-refractivity contribution in [2.24, 2.45) is 0 Å². The maximum atomic E-state index is 12.0. The van der Waals surface area contributed by atoms with E-state index in [-0.39, 0.29) is 19.0 Å². The molecule has 0 saturated heterocycles. The van der Waals surface area contributed by atoms with Crippen molar-refractivity contribution < 1.29 is 18.8 Å². The molecular formula is C21H21N3O4. The predicted molar refractivity (Wildman–Crippen MR) is 105 cm³/mol. The Morgan fingerprint density at radius 3 is 2.50 bits per heavy atom. The number of nitrogens with one attached hydrogen (secondary N) is 2. The van der Waals surface area contributed by atoms with Crippen molar-refractivity contribution in [3.8, 4) is 17.0 Å². The third-order valence-electron chi connectivity index (χ3n) is 3.99. The zero-order valence-electron chi connectivity index (χ0n) is 15.5. The Morgan fingerprint density at radius 1 is 1.04 bits per heavy atom. The van der Waals surface area contributed by atoms with Gasteiger partial charge in [0.05, 0.1) is 6.54 Å². The average molecular weight is 379 g/mol. The van der Waals surface area contributed by atoms with Gasteiger partial charge in [0.2, 0.25) is 11.8 Å². The van der Waals surface area contributed by atoms with Crippen LogP contribution >= 0.6 is 0 Å². The number of anilines is 1. The van der Waals surface area contributed by atoms with E-state index in [9.17, 15) is 9.59 Å². The Morgan fingerprint density at radius 2 is 1.79 bits per heavy atom. The number of rotatable bonds is 8. The molecule has 0 aliphatic heterocycles. The molecule has 0 radical (unpaired) electrons. The number of nitrogens with zero attached hydrogens (tertiary/aromatic N) is 1. The fourth-order valence-corrected chi connectivity index (χ4v) is 2.46. The molecule has 0 bridgehead atoms.